The molecule has 2 aromatic carbocycles. The van der Waals surface area contributed by atoms with E-state index in [1.54, 1.807) is 0 Å². The van der Waals surface area contributed by atoms with E-state index in [1.165, 1.54) is 18.4 Å². The van der Waals surface area contributed by atoms with Gasteiger partial charge in [0.2, 0.25) is 6.79 Å². The number of benzene rings is 2. The zero-order valence-electron chi connectivity index (χ0n) is 13.8. The summed E-state index contributed by atoms with van der Waals surface area (Å²) in [5.41, 5.74) is 0.741. The summed E-state index contributed by atoms with van der Waals surface area (Å²) in [5.74, 6) is -0.0559. The molecule has 1 aliphatic heterocycles. The van der Waals surface area contributed by atoms with E-state index in [0.717, 1.165) is 17.7 Å². The van der Waals surface area contributed by atoms with Crippen molar-refractivity contribution in [2.24, 2.45) is 0 Å². The SMILES string of the molecule is O=C(Cc1ccccc1)CC(C1=COCO1)c1ccc(C(F)(F)F)cc1. The molecule has 3 nitrogen and oxygen atoms in total. The summed E-state index contributed by atoms with van der Waals surface area (Å²) in [6, 6.07) is 14.1. The highest BCUT2D eigenvalue weighted by molar-refractivity contribution is 5.82. The van der Waals surface area contributed by atoms with Crippen LogP contribution in [0.4, 0.5) is 13.2 Å². The van der Waals surface area contributed by atoms with Crippen LogP contribution in [0.25, 0.3) is 0 Å². The van der Waals surface area contributed by atoms with Crippen LogP contribution >= 0.6 is 0 Å². The summed E-state index contributed by atoms with van der Waals surface area (Å²) in [4.78, 5) is 12.5. The summed E-state index contributed by atoms with van der Waals surface area (Å²) < 4.78 is 48.7. The number of allylic oxidation sites excluding steroid dienone is 1. The van der Waals surface area contributed by atoms with Crippen LogP contribution in [0.15, 0.2) is 66.6 Å². The third-order valence-electron chi connectivity index (χ3n) is 4.15. The monoisotopic (exact) mass is 362 g/mol. The fourth-order valence-corrected chi connectivity index (χ4v) is 2.85. The average molecular weight is 362 g/mol. The van der Waals surface area contributed by atoms with Crippen molar-refractivity contribution in [3.05, 3.63) is 83.3 Å². The Bertz CT molecular complexity index is 780. The molecule has 2 aromatic rings. The van der Waals surface area contributed by atoms with Crippen molar-refractivity contribution in [2.45, 2.75) is 24.9 Å². The van der Waals surface area contributed by atoms with Crippen LogP contribution < -0.4 is 0 Å². The van der Waals surface area contributed by atoms with Gasteiger partial charge in [-0.25, -0.2) is 0 Å². The molecular weight excluding hydrogens is 345 g/mol. The Balaban J connectivity index is 1.78. The third kappa shape index (κ3) is 4.45. The van der Waals surface area contributed by atoms with Crippen LogP contribution in [-0.2, 0) is 26.9 Å². The van der Waals surface area contributed by atoms with Crippen molar-refractivity contribution in [1.82, 2.24) is 0 Å². The first-order valence-corrected chi connectivity index (χ1v) is 8.11. The first kappa shape index (κ1) is 18.0. The molecule has 0 N–H and O–H groups in total. The maximum atomic E-state index is 12.8. The van der Waals surface area contributed by atoms with Crippen molar-refractivity contribution >= 4 is 5.78 Å². The van der Waals surface area contributed by atoms with Crippen molar-refractivity contribution in [3.8, 4) is 0 Å². The Morgan fingerprint density at radius 3 is 2.31 bits per heavy atom. The van der Waals surface area contributed by atoms with E-state index in [9.17, 15) is 18.0 Å². The summed E-state index contributed by atoms with van der Waals surface area (Å²) >= 11 is 0. The van der Waals surface area contributed by atoms with Gasteiger partial charge < -0.3 is 9.47 Å². The lowest BCUT2D eigenvalue weighted by molar-refractivity contribution is -0.137. The molecule has 26 heavy (non-hydrogen) atoms. The lowest BCUT2D eigenvalue weighted by Crippen LogP contribution is -2.13. The molecule has 0 aromatic heterocycles. The molecule has 1 aliphatic rings. The standard InChI is InChI=1S/C20H17F3O3/c21-20(22,23)16-8-6-15(7-9-16)18(19-12-25-13-26-19)11-17(24)10-14-4-2-1-3-5-14/h1-9,12,18H,10-11,13H2. The van der Waals surface area contributed by atoms with Crippen molar-refractivity contribution in [2.75, 3.05) is 6.79 Å². The van der Waals surface area contributed by atoms with E-state index < -0.39 is 17.7 Å². The molecule has 1 atom stereocenters. The van der Waals surface area contributed by atoms with Crippen LogP contribution in [0.5, 0.6) is 0 Å². The van der Waals surface area contributed by atoms with E-state index >= 15 is 0 Å². The largest absolute Gasteiger partial charge is 0.462 e. The van der Waals surface area contributed by atoms with E-state index in [1.807, 2.05) is 30.3 Å². The second-order valence-electron chi connectivity index (χ2n) is 6.03. The van der Waals surface area contributed by atoms with Gasteiger partial charge in [0.25, 0.3) is 0 Å². The number of hydrogen-bond acceptors (Lipinski definition) is 3. The van der Waals surface area contributed by atoms with E-state index in [0.29, 0.717) is 11.3 Å². The molecule has 3 rings (SSSR count). The van der Waals surface area contributed by atoms with Crippen molar-refractivity contribution in [3.63, 3.8) is 0 Å². The fraction of sp³-hybridized carbons (Fsp3) is 0.250. The molecule has 0 saturated heterocycles. The summed E-state index contributed by atoms with van der Waals surface area (Å²) in [5, 5.41) is 0. The first-order valence-electron chi connectivity index (χ1n) is 8.11. The van der Waals surface area contributed by atoms with Gasteiger partial charge >= 0.3 is 6.18 Å². The molecule has 0 saturated carbocycles. The lowest BCUT2D eigenvalue weighted by Gasteiger charge is -2.17. The van der Waals surface area contributed by atoms with Crippen LogP contribution in [-0.4, -0.2) is 12.6 Å². The number of carbonyl (C=O) groups is 1. The van der Waals surface area contributed by atoms with Crippen LogP contribution in [0.2, 0.25) is 0 Å². The van der Waals surface area contributed by atoms with Gasteiger partial charge in [-0.3, -0.25) is 4.79 Å². The van der Waals surface area contributed by atoms with E-state index in [4.69, 9.17) is 9.47 Å². The number of Topliss-reactive ketones (excluding diaryl/α,β-unsaturated/α-hetero) is 1. The molecular formula is C20H17F3O3. The maximum absolute atomic E-state index is 12.8. The molecule has 136 valence electrons. The van der Waals surface area contributed by atoms with Gasteiger partial charge in [0.1, 0.15) is 17.8 Å². The van der Waals surface area contributed by atoms with Crippen LogP contribution in [0.3, 0.4) is 0 Å². The Morgan fingerprint density at radius 1 is 1.04 bits per heavy atom. The maximum Gasteiger partial charge on any atom is 0.416 e. The number of rotatable bonds is 6. The minimum absolute atomic E-state index is 0.0301. The Kier molecular flexibility index (Phi) is 5.30. The molecule has 0 amide bonds. The van der Waals surface area contributed by atoms with Crippen molar-refractivity contribution in [1.29, 1.82) is 0 Å². The Labute approximate surface area is 149 Å². The minimum Gasteiger partial charge on any atom is -0.462 e. The van der Waals surface area contributed by atoms with Crippen molar-refractivity contribution < 1.29 is 27.4 Å². The number of carbonyl (C=O) groups excluding carboxylic acids is 1. The predicted octanol–water partition coefficient (Wildman–Crippen LogP) is 4.84. The zero-order valence-corrected chi connectivity index (χ0v) is 13.8. The minimum atomic E-state index is -4.40. The average Bonchev–Trinajstić information content (AvgIpc) is 3.14. The second-order valence-corrected chi connectivity index (χ2v) is 6.03. The number of ketones is 1. The quantitative estimate of drug-likeness (QED) is 0.738. The van der Waals surface area contributed by atoms with Gasteiger partial charge in [0.05, 0.1) is 11.5 Å². The van der Waals surface area contributed by atoms with Crippen LogP contribution in [0.1, 0.15) is 29.0 Å². The Hall–Kier alpha value is -2.76. The Morgan fingerprint density at radius 2 is 1.73 bits per heavy atom. The van der Waals surface area contributed by atoms with Gasteiger partial charge in [-0.15, -0.1) is 0 Å². The molecule has 0 fully saturated rings. The topological polar surface area (TPSA) is 35.5 Å². The summed E-state index contributed by atoms with van der Waals surface area (Å²) in [6.45, 7) is 0.0410. The van der Waals surface area contributed by atoms with Crippen LogP contribution in [0, 0.1) is 0 Å². The third-order valence-corrected chi connectivity index (χ3v) is 4.15. The molecule has 1 unspecified atom stereocenters. The smallest absolute Gasteiger partial charge is 0.416 e. The predicted molar refractivity (Wildman–Crippen MR) is 89.1 cm³/mol. The molecule has 0 radical (unpaired) electrons. The molecule has 1 heterocycles. The first-order chi connectivity index (χ1) is 12.4. The number of halogens is 3. The number of alkyl halides is 3. The van der Waals surface area contributed by atoms with Gasteiger partial charge in [-0.1, -0.05) is 42.5 Å². The van der Waals surface area contributed by atoms with Gasteiger partial charge in [0.15, 0.2) is 0 Å². The fourth-order valence-electron chi connectivity index (χ4n) is 2.85. The van der Waals surface area contributed by atoms with Gasteiger partial charge in [0, 0.05) is 12.8 Å². The normalized spacial score (nSPS) is 15.0. The number of ether oxygens (including phenoxy) is 2. The molecule has 6 heteroatoms. The van der Waals surface area contributed by atoms with Gasteiger partial charge in [-0.05, 0) is 23.3 Å². The number of hydrogen-bond donors (Lipinski definition) is 0. The van der Waals surface area contributed by atoms with E-state index in [2.05, 4.69) is 0 Å². The highest BCUT2D eigenvalue weighted by Gasteiger charge is 2.31. The summed E-state index contributed by atoms with van der Waals surface area (Å²) in [6.07, 6.45) is -2.61. The highest BCUT2D eigenvalue weighted by atomic mass is 19.4. The molecule has 0 aliphatic carbocycles. The molecule has 0 spiro atoms. The summed E-state index contributed by atoms with van der Waals surface area (Å²) in [7, 11) is 0. The second kappa shape index (κ2) is 7.64. The lowest BCUT2D eigenvalue weighted by atomic mass is 9.90. The molecule has 0 bridgehead atoms. The van der Waals surface area contributed by atoms with Gasteiger partial charge in [-0.2, -0.15) is 13.2 Å². The highest BCUT2D eigenvalue weighted by Crippen LogP contribution is 2.34. The van der Waals surface area contributed by atoms with E-state index in [-0.39, 0.29) is 25.4 Å². The zero-order chi connectivity index (χ0) is 18.6.